The third-order valence-electron chi connectivity index (χ3n) is 4.98. The Balaban J connectivity index is 2.23. The van der Waals surface area contributed by atoms with Crippen LogP contribution < -0.4 is 11.2 Å². The molecule has 1 fully saturated rings. The summed E-state index contributed by atoms with van der Waals surface area (Å²) in [6.45, 7) is 9.33. The van der Waals surface area contributed by atoms with Gasteiger partial charge in [0.2, 0.25) is 0 Å². The summed E-state index contributed by atoms with van der Waals surface area (Å²) in [7, 11) is 0. The van der Waals surface area contributed by atoms with E-state index in [2.05, 4.69) is 11.1 Å². The summed E-state index contributed by atoms with van der Waals surface area (Å²) in [5.41, 5.74) is -0.994. The maximum absolute atomic E-state index is 12.2. The SMILES string of the molecule is Cc1cn([C@H]2C[C@H](ON(C(C)C)C(C)(C)CCC#N)[C@@H](CO)O2)c(=O)[nH]c1=O. The van der Waals surface area contributed by atoms with Gasteiger partial charge in [-0.25, -0.2) is 4.79 Å². The van der Waals surface area contributed by atoms with Crippen LogP contribution in [0.2, 0.25) is 0 Å². The molecule has 28 heavy (non-hydrogen) atoms. The second kappa shape index (κ2) is 9.01. The van der Waals surface area contributed by atoms with Crippen molar-refractivity contribution in [2.24, 2.45) is 0 Å². The summed E-state index contributed by atoms with van der Waals surface area (Å²) < 4.78 is 7.17. The van der Waals surface area contributed by atoms with Crippen LogP contribution in [0.1, 0.15) is 58.7 Å². The summed E-state index contributed by atoms with van der Waals surface area (Å²) >= 11 is 0. The number of nitrogens with zero attached hydrogens (tertiary/aromatic N) is 3. The van der Waals surface area contributed by atoms with Gasteiger partial charge in [-0.05, 0) is 41.0 Å². The second-order valence-corrected chi connectivity index (χ2v) is 8.06. The predicted molar refractivity (Wildman–Crippen MR) is 102 cm³/mol. The maximum Gasteiger partial charge on any atom is 0.330 e. The van der Waals surface area contributed by atoms with Crippen LogP contribution in [0.4, 0.5) is 0 Å². The first-order chi connectivity index (χ1) is 13.1. The summed E-state index contributed by atoms with van der Waals surface area (Å²) in [6, 6.07) is 2.19. The van der Waals surface area contributed by atoms with E-state index >= 15 is 0 Å². The number of rotatable bonds is 8. The number of aliphatic hydroxyl groups excluding tert-OH is 1. The number of nitriles is 1. The fraction of sp³-hybridized carbons (Fsp3) is 0.737. The van der Waals surface area contributed by atoms with Crippen LogP contribution in [0.25, 0.3) is 0 Å². The average Bonchev–Trinajstić information content (AvgIpc) is 3.03. The normalized spacial score (nSPS) is 22.8. The van der Waals surface area contributed by atoms with Crippen LogP contribution in [0.15, 0.2) is 15.8 Å². The lowest BCUT2D eigenvalue weighted by atomic mass is 9.97. The predicted octanol–water partition coefficient (Wildman–Crippen LogP) is 1.22. The smallest absolute Gasteiger partial charge is 0.330 e. The van der Waals surface area contributed by atoms with E-state index in [0.29, 0.717) is 24.8 Å². The molecule has 0 aliphatic carbocycles. The molecule has 2 heterocycles. The van der Waals surface area contributed by atoms with Crippen molar-refractivity contribution < 1.29 is 14.7 Å². The van der Waals surface area contributed by atoms with E-state index in [-0.39, 0.29) is 12.6 Å². The Morgan fingerprint density at radius 2 is 2.18 bits per heavy atom. The molecule has 1 saturated heterocycles. The number of aromatic amines is 1. The average molecular weight is 394 g/mol. The molecule has 1 aliphatic heterocycles. The van der Waals surface area contributed by atoms with Crippen molar-refractivity contribution in [1.82, 2.24) is 14.6 Å². The Morgan fingerprint density at radius 1 is 1.50 bits per heavy atom. The Labute approximate surface area is 164 Å². The maximum atomic E-state index is 12.2. The lowest BCUT2D eigenvalue weighted by molar-refractivity contribution is -0.272. The molecular formula is C19H30N4O5. The number of H-pyrrole nitrogens is 1. The third-order valence-corrected chi connectivity index (χ3v) is 4.98. The Kier molecular flexibility index (Phi) is 7.17. The fourth-order valence-electron chi connectivity index (χ4n) is 3.53. The largest absolute Gasteiger partial charge is 0.394 e. The van der Waals surface area contributed by atoms with Gasteiger partial charge in [0.15, 0.2) is 0 Å². The van der Waals surface area contributed by atoms with Gasteiger partial charge >= 0.3 is 5.69 Å². The zero-order valence-corrected chi connectivity index (χ0v) is 17.1. The number of aryl methyl sites for hydroxylation is 1. The Hall–Kier alpha value is -1.99. The molecule has 2 rings (SSSR count). The number of ether oxygens (including phenoxy) is 1. The number of aromatic nitrogens is 2. The van der Waals surface area contributed by atoms with Crippen LogP contribution in [0.3, 0.4) is 0 Å². The molecule has 0 bridgehead atoms. The Morgan fingerprint density at radius 3 is 2.75 bits per heavy atom. The van der Waals surface area contributed by atoms with Gasteiger partial charge in [-0.2, -0.15) is 10.3 Å². The summed E-state index contributed by atoms with van der Waals surface area (Å²) in [6.07, 6.45) is 1.09. The molecule has 0 radical (unpaired) electrons. The van der Waals surface area contributed by atoms with Crippen molar-refractivity contribution in [3.63, 3.8) is 0 Å². The van der Waals surface area contributed by atoms with Gasteiger partial charge in [0.1, 0.15) is 18.4 Å². The molecule has 2 N–H and O–H groups in total. The van der Waals surface area contributed by atoms with Crippen molar-refractivity contribution in [2.45, 2.75) is 83.9 Å². The van der Waals surface area contributed by atoms with E-state index < -0.39 is 35.2 Å². The fourth-order valence-corrected chi connectivity index (χ4v) is 3.53. The first-order valence-corrected chi connectivity index (χ1v) is 9.52. The second-order valence-electron chi connectivity index (χ2n) is 8.06. The highest BCUT2D eigenvalue weighted by Gasteiger charge is 2.41. The van der Waals surface area contributed by atoms with Crippen LogP contribution in [-0.4, -0.2) is 50.1 Å². The highest BCUT2D eigenvalue weighted by Crippen LogP contribution is 2.33. The molecule has 1 aromatic rings. The minimum absolute atomic E-state index is 0.0325. The monoisotopic (exact) mass is 394 g/mol. The van der Waals surface area contributed by atoms with E-state index in [0.717, 1.165) is 0 Å². The standard InChI is InChI=1S/C19H30N4O5/c1-12(2)23(19(4,5)7-6-8-20)28-14-9-16(27-15(14)11-24)22-10-13(3)17(25)21-18(22)26/h10,12,14-16,24H,6-7,9,11H2,1-5H3,(H,21,25,26)/t14-,15+,16+/m0/s1. The topological polar surface area (TPSA) is 121 Å². The summed E-state index contributed by atoms with van der Waals surface area (Å²) in [4.78, 5) is 32.3. The van der Waals surface area contributed by atoms with Crippen LogP contribution in [0.5, 0.6) is 0 Å². The van der Waals surface area contributed by atoms with Gasteiger partial charge in [0.25, 0.3) is 5.56 Å². The van der Waals surface area contributed by atoms with Crippen molar-refractivity contribution in [1.29, 1.82) is 5.26 Å². The lowest BCUT2D eigenvalue weighted by Gasteiger charge is -2.42. The summed E-state index contributed by atoms with van der Waals surface area (Å²) in [5.74, 6) is 0. The van der Waals surface area contributed by atoms with E-state index in [9.17, 15) is 14.7 Å². The highest BCUT2D eigenvalue weighted by atomic mass is 16.7. The van der Waals surface area contributed by atoms with Crippen molar-refractivity contribution >= 4 is 0 Å². The first kappa shape index (κ1) is 22.3. The van der Waals surface area contributed by atoms with Crippen molar-refractivity contribution in [2.75, 3.05) is 6.61 Å². The lowest BCUT2D eigenvalue weighted by Crippen LogP contribution is -2.51. The van der Waals surface area contributed by atoms with Crippen LogP contribution in [-0.2, 0) is 9.57 Å². The van der Waals surface area contributed by atoms with E-state index in [4.69, 9.17) is 14.8 Å². The van der Waals surface area contributed by atoms with Gasteiger partial charge in [0, 0.05) is 36.2 Å². The molecule has 3 atom stereocenters. The third kappa shape index (κ3) is 4.89. The quantitative estimate of drug-likeness (QED) is 0.636. The zero-order valence-electron chi connectivity index (χ0n) is 17.1. The van der Waals surface area contributed by atoms with Gasteiger partial charge in [-0.1, -0.05) is 0 Å². The number of hydroxylamine groups is 2. The minimum Gasteiger partial charge on any atom is -0.394 e. The molecule has 0 spiro atoms. The van der Waals surface area contributed by atoms with Crippen molar-refractivity contribution in [3.05, 3.63) is 32.6 Å². The molecule has 156 valence electrons. The number of hydrogen-bond donors (Lipinski definition) is 2. The van der Waals surface area contributed by atoms with Crippen molar-refractivity contribution in [3.8, 4) is 6.07 Å². The molecule has 0 aromatic carbocycles. The van der Waals surface area contributed by atoms with Gasteiger partial charge < -0.3 is 9.84 Å². The van der Waals surface area contributed by atoms with Gasteiger partial charge in [-0.3, -0.25) is 19.2 Å². The molecule has 0 unspecified atom stereocenters. The molecule has 0 amide bonds. The number of nitrogens with one attached hydrogen (secondary N) is 1. The molecule has 9 nitrogen and oxygen atoms in total. The molecular weight excluding hydrogens is 364 g/mol. The van der Waals surface area contributed by atoms with E-state index in [1.54, 1.807) is 6.92 Å². The highest BCUT2D eigenvalue weighted by molar-refractivity contribution is 5.02. The molecule has 9 heteroatoms. The molecule has 1 aromatic heterocycles. The molecule has 0 saturated carbocycles. The number of aliphatic hydroxyl groups is 1. The number of hydrogen-bond acceptors (Lipinski definition) is 7. The summed E-state index contributed by atoms with van der Waals surface area (Å²) in [5, 5.41) is 20.5. The van der Waals surface area contributed by atoms with E-state index in [1.807, 2.05) is 32.8 Å². The molecule has 1 aliphatic rings. The van der Waals surface area contributed by atoms with Crippen LogP contribution >= 0.6 is 0 Å². The van der Waals surface area contributed by atoms with Crippen LogP contribution in [0, 0.1) is 18.3 Å². The van der Waals surface area contributed by atoms with E-state index in [1.165, 1.54) is 10.8 Å². The first-order valence-electron chi connectivity index (χ1n) is 9.52. The van der Waals surface area contributed by atoms with Gasteiger partial charge in [-0.15, -0.1) is 0 Å². The van der Waals surface area contributed by atoms with Gasteiger partial charge in [0.05, 0.1) is 12.7 Å². The zero-order chi connectivity index (χ0) is 21.1. The minimum atomic E-state index is -0.651. The Bertz CT molecular complexity index is 823.